The molecule has 1 amide bonds. The fraction of sp³-hybridized carbons (Fsp3) is 0.214. The standard InChI is InChI=1S/C28H29N5O2/c1-28(2,3)24-11-13-25(14-12-24)35-20-26(34)31-30-17-23-19-33(18-21-8-5-4-6-9-21)32-27(23)22-10-7-15-29-16-22/h4-17,19H,18,20H2,1-3H3,(H,31,34)/b30-17+. The van der Waals surface area contributed by atoms with Crippen molar-refractivity contribution in [2.45, 2.75) is 32.7 Å². The van der Waals surface area contributed by atoms with Gasteiger partial charge in [-0.3, -0.25) is 14.5 Å². The van der Waals surface area contributed by atoms with E-state index in [0.29, 0.717) is 12.3 Å². The molecule has 2 aromatic heterocycles. The van der Waals surface area contributed by atoms with E-state index in [4.69, 9.17) is 9.84 Å². The molecule has 1 N–H and O–H groups in total. The van der Waals surface area contributed by atoms with Crippen LogP contribution in [0.15, 0.2) is 90.4 Å². The summed E-state index contributed by atoms with van der Waals surface area (Å²) in [5.41, 5.74) is 7.31. The lowest BCUT2D eigenvalue weighted by Crippen LogP contribution is -2.24. The summed E-state index contributed by atoms with van der Waals surface area (Å²) in [6.07, 6.45) is 6.96. The van der Waals surface area contributed by atoms with Gasteiger partial charge in [0.15, 0.2) is 6.61 Å². The molecule has 0 saturated carbocycles. The lowest BCUT2D eigenvalue weighted by Gasteiger charge is -2.19. The molecule has 0 aliphatic heterocycles. The van der Waals surface area contributed by atoms with E-state index in [1.165, 1.54) is 5.56 Å². The highest BCUT2D eigenvalue weighted by molar-refractivity contribution is 5.89. The lowest BCUT2D eigenvalue weighted by atomic mass is 9.87. The summed E-state index contributed by atoms with van der Waals surface area (Å²) < 4.78 is 7.44. The zero-order valence-corrected chi connectivity index (χ0v) is 20.2. The van der Waals surface area contributed by atoms with Crippen molar-refractivity contribution in [3.05, 3.63) is 102 Å². The Hall–Kier alpha value is -4.26. The first kappa shape index (κ1) is 23.9. The average Bonchev–Trinajstić information content (AvgIpc) is 3.26. The van der Waals surface area contributed by atoms with Gasteiger partial charge in [0.05, 0.1) is 12.8 Å². The van der Waals surface area contributed by atoms with E-state index < -0.39 is 0 Å². The van der Waals surface area contributed by atoms with Crippen LogP contribution in [-0.4, -0.2) is 33.5 Å². The first-order chi connectivity index (χ1) is 16.9. The summed E-state index contributed by atoms with van der Waals surface area (Å²) in [6, 6.07) is 21.7. The summed E-state index contributed by atoms with van der Waals surface area (Å²) in [7, 11) is 0. The maximum Gasteiger partial charge on any atom is 0.277 e. The van der Waals surface area contributed by atoms with Gasteiger partial charge in [0.2, 0.25) is 0 Å². The summed E-state index contributed by atoms with van der Waals surface area (Å²) in [5, 5.41) is 8.85. The second-order valence-electron chi connectivity index (χ2n) is 9.21. The van der Waals surface area contributed by atoms with Crippen LogP contribution in [0, 0.1) is 0 Å². The topological polar surface area (TPSA) is 81.4 Å². The van der Waals surface area contributed by atoms with Gasteiger partial charge < -0.3 is 4.74 Å². The molecule has 0 atom stereocenters. The maximum atomic E-state index is 12.3. The van der Waals surface area contributed by atoms with Gasteiger partial charge in [-0.25, -0.2) is 5.43 Å². The van der Waals surface area contributed by atoms with Gasteiger partial charge in [-0.2, -0.15) is 10.2 Å². The van der Waals surface area contributed by atoms with Crippen molar-refractivity contribution in [2.75, 3.05) is 6.61 Å². The van der Waals surface area contributed by atoms with Gasteiger partial charge in [0.1, 0.15) is 11.4 Å². The molecule has 4 rings (SSSR count). The number of hydrogen-bond donors (Lipinski definition) is 1. The second-order valence-corrected chi connectivity index (χ2v) is 9.21. The summed E-state index contributed by atoms with van der Waals surface area (Å²) in [5.74, 6) is 0.291. The van der Waals surface area contributed by atoms with Crippen LogP contribution in [0.25, 0.3) is 11.3 Å². The van der Waals surface area contributed by atoms with Gasteiger partial charge >= 0.3 is 0 Å². The Labute approximate surface area is 205 Å². The summed E-state index contributed by atoms with van der Waals surface area (Å²) in [4.78, 5) is 16.4. The number of nitrogens with one attached hydrogen (secondary N) is 1. The number of aromatic nitrogens is 3. The number of benzene rings is 2. The number of carbonyl (C=O) groups excluding carboxylic acids is 1. The summed E-state index contributed by atoms with van der Waals surface area (Å²) in [6.45, 7) is 6.95. The van der Waals surface area contributed by atoms with Crippen LogP contribution in [0.3, 0.4) is 0 Å². The van der Waals surface area contributed by atoms with E-state index in [1.54, 1.807) is 18.6 Å². The van der Waals surface area contributed by atoms with Crippen molar-refractivity contribution in [3.63, 3.8) is 0 Å². The third-order valence-corrected chi connectivity index (χ3v) is 5.40. The quantitative estimate of drug-likeness (QED) is 0.298. The number of rotatable bonds is 8. The average molecular weight is 468 g/mol. The Morgan fingerprint density at radius 3 is 2.51 bits per heavy atom. The molecule has 0 spiro atoms. The molecule has 35 heavy (non-hydrogen) atoms. The molecule has 178 valence electrons. The van der Waals surface area contributed by atoms with Crippen molar-refractivity contribution >= 4 is 12.1 Å². The van der Waals surface area contributed by atoms with Gasteiger partial charge in [0, 0.05) is 29.7 Å². The number of carbonyl (C=O) groups is 1. The number of amides is 1. The first-order valence-electron chi connectivity index (χ1n) is 11.5. The zero-order chi connectivity index (χ0) is 24.7. The van der Waals surface area contributed by atoms with Crippen molar-refractivity contribution in [1.82, 2.24) is 20.2 Å². The fourth-order valence-corrected chi connectivity index (χ4v) is 3.52. The van der Waals surface area contributed by atoms with Crippen LogP contribution in [0.1, 0.15) is 37.5 Å². The molecule has 0 saturated heterocycles. The van der Waals surface area contributed by atoms with E-state index in [9.17, 15) is 4.79 Å². The zero-order valence-electron chi connectivity index (χ0n) is 20.2. The Balaban J connectivity index is 1.40. The molecule has 0 aliphatic carbocycles. The fourth-order valence-electron chi connectivity index (χ4n) is 3.52. The van der Waals surface area contributed by atoms with E-state index >= 15 is 0 Å². The van der Waals surface area contributed by atoms with Crippen molar-refractivity contribution in [1.29, 1.82) is 0 Å². The number of hydrogen-bond acceptors (Lipinski definition) is 5. The monoisotopic (exact) mass is 467 g/mol. The molecule has 4 aromatic rings. The molecule has 2 heterocycles. The van der Waals surface area contributed by atoms with E-state index in [1.807, 2.05) is 65.5 Å². The Morgan fingerprint density at radius 2 is 1.83 bits per heavy atom. The van der Waals surface area contributed by atoms with Crippen LogP contribution in [0.4, 0.5) is 0 Å². The molecule has 0 radical (unpaired) electrons. The predicted molar refractivity (Wildman–Crippen MR) is 137 cm³/mol. The Morgan fingerprint density at radius 1 is 1.06 bits per heavy atom. The SMILES string of the molecule is CC(C)(C)c1ccc(OCC(=O)N/N=C/c2cn(Cc3ccccc3)nc2-c2cccnc2)cc1. The first-order valence-corrected chi connectivity index (χ1v) is 11.5. The van der Waals surface area contributed by atoms with Crippen molar-refractivity contribution in [3.8, 4) is 17.0 Å². The van der Waals surface area contributed by atoms with Gasteiger partial charge in [-0.15, -0.1) is 0 Å². The van der Waals surface area contributed by atoms with Gasteiger partial charge in [-0.05, 0) is 40.8 Å². The van der Waals surface area contributed by atoms with E-state index in [2.05, 4.69) is 48.4 Å². The maximum absolute atomic E-state index is 12.3. The molecule has 2 aromatic carbocycles. The minimum Gasteiger partial charge on any atom is -0.484 e. The number of pyridine rings is 1. The smallest absolute Gasteiger partial charge is 0.277 e. The molecule has 7 heteroatoms. The molecule has 7 nitrogen and oxygen atoms in total. The lowest BCUT2D eigenvalue weighted by molar-refractivity contribution is -0.123. The highest BCUT2D eigenvalue weighted by Crippen LogP contribution is 2.24. The number of hydrazone groups is 1. The third-order valence-electron chi connectivity index (χ3n) is 5.40. The van der Waals surface area contributed by atoms with E-state index in [-0.39, 0.29) is 17.9 Å². The molecule has 0 bridgehead atoms. The Bertz CT molecular complexity index is 1270. The van der Waals surface area contributed by atoms with Gasteiger partial charge in [-0.1, -0.05) is 63.2 Å². The Kier molecular flexibility index (Phi) is 7.35. The minimum absolute atomic E-state index is 0.0637. The highest BCUT2D eigenvalue weighted by Gasteiger charge is 2.13. The van der Waals surface area contributed by atoms with Crippen LogP contribution in [-0.2, 0) is 16.8 Å². The van der Waals surface area contributed by atoms with Crippen molar-refractivity contribution < 1.29 is 9.53 Å². The van der Waals surface area contributed by atoms with Crippen LogP contribution < -0.4 is 10.2 Å². The van der Waals surface area contributed by atoms with Crippen LogP contribution in [0.2, 0.25) is 0 Å². The number of ether oxygens (including phenoxy) is 1. The predicted octanol–water partition coefficient (Wildman–Crippen LogP) is 4.82. The molecular formula is C28H29N5O2. The van der Waals surface area contributed by atoms with Crippen molar-refractivity contribution in [2.24, 2.45) is 5.10 Å². The molecular weight excluding hydrogens is 438 g/mol. The second kappa shape index (κ2) is 10.8. The molecule has 0 fully saturated rings. The van der Waals surface area contributed by atoms with E-state index in [0.717, 1.165) is 22.4 Å². The third kappa shape index (κ3) is 6.63. The van der Waals surface area contributed by atoms with Gasteiger partial charge in [0.25, 0.3) is 5.91 Å². The summed E-state index contributed by atoms with van der Waals surface area (Å²) >= 11 is 0. The largest absolute Gasteiger partial charge is 0.484 e. The van der Waals surface area contributed by atoms with Crippen LogP contribution >= 0.6 is 0 Å². The minimum atomic E-state index is -0.347. The molecule has 0 aliphatic rings. The van der Waals surface area contributed by atoms with Crippen LogP contribution in [0.5, 0.6) is 5.75 Å². The number of nitrogens with zero attached hydrogens (tertiary/aromatic N) is 4. The highest BCUT2D eigenvalue weighted by atomic mass is 16.5. The normalized spacial score (nSPS) is 11.5. The molecule has 0 unspecified atom stereocenters.